The molecular weight excluding hydrogens is 204 g/mol. The van der Waals surface area contributed by atoms with Crippen LogP contribution in [0, 0.1) is 5.92 Å². The van der Waals surface area contributed by atoms with E-state index in [-0.39, 0.29) is 17.7 Å². The summed E-state index contributed by atoms with van der Waals surface area (Å²) in [6, 6.07) is 0. The van der Waals surface area contributed by atoms with E-state index in [0.717, 1.165) is 0 Å². The van der Waals surface area contributed by atoms with Crippen molar-refractivity contribution in [2.45, 2.75) is 20.3 Å². The predicted molar refractivity (Wildman–Crippen MR) is 56.2 cm³/mol. The first-order chi connectivity index (χ1) is 6.56. The van der Waals surface area contributed by atoms with Gasteiger partial charge in [0.05, 0.1) is 0 Å². The standard InChI is InChI=1S/C9H17ClN2O2/c1-7(2)5-8(13)11-3-4-12-9(14)6-10/h7H,3-6H2,1-2H3,(H,11,13)(H,12,14). The highest BCUT2D eigenvalue weighted by Crippen LogP contribution is 1.97. The number of hydrogen-bond acceptors (Lipinski definition) is 2. The average Bonchev–Trinajstić information content (AvgIpc) is 2.10. The van der Waals surface area contributed by atoms with E-state index in [0.29, 0.717) is 25.4 Å². The van der Waals surface area contributed by atoms with Gasteiger partial charge in [0.25, 0.3) is 0 Å². The van der Waals surface area contributed by atoms with Crippen molar-refractivity contribution >= 4 is 23.4 Å². The molecule has 0 aliphatic heterocycles. The van der Waals surface area contributed by atoms with Crippen molar-refractivity contribution in [3.05, 3.63) is 0 Å². The number of amides is 2. The van der Waals surface area contributed by atoms with E-state index in [1.807, 2.05) is 13.8 Å². The molecule has 0 rings (SSSR count). The van der Waals surface area contributed by atoms with Crippen molar-refractivity contribution in [3.63, 3.8) is 0 Å². The highest BCUT2D eigenvalue weighted by atomic mass is 35.5. The fourth-order valence-corrected chi connectivity index (χ4v) is 0.989. The highest BCUT2D eigenvalue weighted by molar-refractivity contribution is 6.27. The van der Waals surface area contributed by atoms with Crippen LogP contribution in [0.2, 0.25) is 0 Å². The van der Waals surface area contributed by atoms with Gasteiger partial charge in [-0.25, -0.2) is 0 Å². The first-order valence-corrected chi connectivity index (χ1v) is 5.19. The molecular formula is C9H17ClN2O2. The van der Waals surface area contributed by atoms with Gasteiger partial charge in [0, 0.05) is 19.5 Å². The molecule has 0 saturated heterocycles. The molecule has 0 heterocycles. The number of carbonyl (C=O) groups is 2. The third-order valence-electron chi connectivity index (χ3n) is 1.48. The van der Waals surface area contributed by atoms with Crippen molar-refractivity contribution in [3.8, 4) is 0 Å². The number of nitrogens with one attached hydrogen (secondary N) is 2. The molecule has 5 heteroatoms. The second kappa shape index (κ2) is 7.62. The van der Waals surface area contributed by atoms with Crippen LogP contribution in [0.1, 0.15) is 20.3 Å². The Kier molecular flexibility index (Phi) is 7.20. The summed E-state index contributed by atoms with van der Waals surface area (Å²) in [5, 5.41) is 5.25. The zero-order chi connectivity index (χ0) is 11.0. The highest BCUT2D eigenvalue weighted by Gasteiger charge is 2.03. The van der Waals surface area contributed by atoms with Crippen molar-refractivity contribution in [1.82, 2.24) is 10.6 Å². The lowest BCUT2D eigenvalue weighted by molar-refractivity contribution is -0.122. The molecule has 14 heavy (non-hydrogen) atoms. The molecule has 0 unspecified atom stereocenters. The molecule has 0 bridgehead atoms. The van der Waals surface area contributed by atoms with E-state index in [1.54, 1.807) is 0 Å². The van der Waals surface area contributed by atoms with E-state index in [2.05, 4.69) is 10.6 Å². The lowest BCUT2D eigenvalue weighted by atomic mass is 10.1. The fourth-order valence-electron chi connectivity index (χ4n) is 0.894. The van der Waals surface area contributed by atoms with Crippen LogP contribution >= 0.6 is 11.6 Å². The zero-order valence-electron chi connectivity index (χ0n) is 8.60. The van der Waals surface area contributed by atoms with E-state index >= 15 is 0 Å². The summed E-state index contributed by atoms with van der Waals surface area (Å²) in [6.07, 6.45) is 0.517. The van der Waals surface area contributed by atoms with E-state index in [9.17, 15) is 9.59 Å². The normalized spacial score (nSPS) is 10.0. The molecule has 0 radical (unpaired) electrons. The van der Waals surface area contributed by atoms with Crippen LogP contribution in [0.4, 0.5) is 0 Å². The Morgan fingerprint density at radius 2 is 1.64 bits per heavy atom. The van der Waals surface area contributed by atoms with Crippen molar-refractivity contribution in [1.29, 1.82) is 0 Å². The summed E-state index contributed by atoms with van der Waals surface area (Å²) in [7, 11) is 0. The van der Waals surface area contributed by atoms with Gasteiger partial charge < -0.3 is 10.6 Å². The molecule has 0 saturated carbocycles. The van der Waals surface area contributed by atoms with Crippen LogP contribution in [0.5, 0.6) is 0 Å². The summed E-state index contributed by atoms with van der Waals surface area (Å²) in [4.78, 5) is 21.8. The number of rotatable bonds is 6. The van der Waals surface area contributed by atoms with Gasteiger partial charge in [0.2, 0.25) is 11.8 Å². The Balaban J connectivity index is 3.36. The average molecular weight is 221 g/mol. The molecule has 0 atom stereocenters. The Labute approximate surface area is 89.4 Å². The second-order valence-corrected chi connectivity index (χ2v) is 3.70. The first-order valence-electron chi connectivity index (χ1n) is 4.65. The SMILES string of the molecule is CC(C)CC(=O)NCCNC(=O)CCl. The maximum absolute atomic E-state index is 11.1. The Bertz CT molecular complexity index is 195. The topological polar surface area (TPSA) is 58.2 Å². The van der Waals surface area contributed by atoms with Gasteiger partial charge in [-0.1, -0.05) is 13.8 Å². The molecule has 0 aliphatic carbocycles. The maximum atomic E-state index is 11.1. The van der Waals surface area contributed by atoms with Crippen LogP contribution in [0.15, 0.2) is 0 Å². The number of carbonyl (C=O) groups excluding carboxylic acids is 2. The Morgan fingerprint density at radius 1 is 1.14 bits per heavy atom. The summed E-state index contributed by atoms with van der Waals surface area (Å²) in [5.41, 5.74) is 0. The van der Waals surface area contributed by atoms with Gasteiger partial charge in [-0.2, -0.15) is 0 Å². The van der Waals surface area contributed by atoms with Crippen LogP contribution in [-0.2, 0) is 9.59 Å². The minimum atomic E-state index is -0.218. The largest absolute Gasteiger partial charge is 0.354 e. The minimum Gasteiger partial charge on any atom is -0.354 e. The molecule has 4 nitrogen and oxygen atoms in total. The van der Waals surface area contributed by atoms with Crippen LogP contribution < -0.4 is 10.6 Å². The van der Waals surface area contributed by atoms with Gasteiger partial charge in [-0.05, 0) is 5.92 Å². The van der Waals surface area contributed by atoms with Gasteiger partial charge in [0.1, 0.15) is 5.88 Å². The fraction of sp³-hybridized carbons (Fsp3) is 0.778. The molecule has 0 aromatic carbocycles. The molecule has 2 N–H and O–H groups in total. The number of hydrogen-bond donors (Lipinski definition) is 2. The van der Waals surface area contributed by atoms with E-state index < -0.39 is 0 Å². The minimum absolute atomic E-state index is 0.0140. The van der Waals surface area contributed by atoms with Crippen molar-refractivity contribution in [2.75, 3.05) is 19.0 Å². The summed E-state index contributed by atoms with van der Waals surface area (Å²) >= 11 is 5.26. The van der Waals surface area contributed by atoms with Crippen molar-refractivity contribution < 1.29 is 9.59 Å². The maximum Gasteiger partial charge on any atom is 0.234 e. The van der Waals surface area contributed by atoms with Crippen LogP contribution in [-0.4, -0.2) is 30.8 Å². The predicted octanol–water partition coefficient (Wildman–Crippen LogP) is 0.504. The monoisotopic (exact) mass is 220 g/mol. The number of alkyl halides is 1. The molecule has 0 aromatic rings. The van der Waals surface area contributed by atoms with E-state index in [4.69, 9.17) is 11.6 Å². The van der Waals surface area contributed by atoms with Gasteiger partial charge in [-0.15, -0.1) is 11.6 Å². The molecule has 2 amide bonds. The zero-order valence-corrected chi connectivity index (χ0v) is 9.36. The lowest BCUT2D eigenvalue weighted by Gasteiger charge is -2.07. The van der Waals surface area contributed by atoms with Gasteiger partial charge in [-0.3, -0.25) is 9.59 Å². The van der Waals surface area contributed by atoms with Gasteiger partial charge in [0.15, 0.2) is 0 Å². The van der Waals surface area contributed by atoms with E-state index in [1.165, 1.54) is 0 Å². The molecule has 0 aromatic heterocycles. The van der Waals surface area contributed by atoms with Gasteiger partial charge >= 0.3 is 0 Å². The molecule has 0 spiro atoms. The first kappa shape index (κ1) is 13.2. The van der Waals surface area contributed by atoms with Crippen molar-refractivity contribution in [2.24, 2.45) is 5.92 Å². The van der Waals surface area contributed by atoms with Crippen LogP contribution in [0.25, 0.3) is 0 Å². The van der Waals surface area contributed by atoms with Crippen LogP contribution in [0.3, 0.4) is 0 Å². The summed E-state index contributed by atoms with van der Waals surface area (Å²) in [5.74, 6) is 0.109. The Morgan fingerprint density at radius 3 is 2.07 bits per heavy atom. The molecule has 82 valence electrons. The quantitative estimate of drug-likeness (QED) is 0.506. The number of halogens is 1. The third kappa shape index (κ3) is 7.86. The lowest BCUT2D eigenvalue weighted by Crippen LogP contribution is -2.35. The summed E-state index contributed by atoms with van der Waals surface area (Å²) in [6.45, 7) is 4.84. The second-order valence-electron chi connectivity index (χ2n) is 3.43. The third-order valence-corrected chi connectivity index (χ3v) is 1.73. The smallest absolute Gasteiger partial charge is 0.234 e. The molecule has 0 fully saturated rings. The summed E-state index contributed by atoms with van der Waals surface area (Å²) < 4.78 is 0. The Hall–Kier alpha value is -0.770. The molecule has 0 aliphatic rings.